The van der Waals surface area contributed by atoms with Crippen molar-refractivity contribution in [3.8, 4) is 0 Å². The van der Waals surface area contributed by atoms with Crippen molar-refractivity contribution in [2.75, 3.05) is 0 Å². The van der Waals surface area contributed by atoms with E-state index in [0.29, 0.717) is 12.5 Å². The van der Waals surface area contributed by atoms with Crippen LogP contribution in [0.5, 0.6) is 0 Å². The van der Waals surface area contributed by atoms with Gasteiger partial charge in [0.15, 0.2) is 0 Å². The molecule has 1 N–H and O–H groups in total. The van der Waals surface area contributed by atoms with E-state index in [4.69, 9.17) is 0 Å². The summed E-state index contributed by atoms with van der Waals surface area (Å²) in [4.78, 5) is 12.0. The lowest BCUT2D eigenvalue weighted by Crippen LogP contribution is -2.68. The van der Waals surface area contributed by atoms with E-state index in [-0.39, 0.29) is 11.4 Å². The van der Waals surface area contributed by atoms with Gasteiger partial charge in [-0.05, 0) is 43.6 Å². The normalized spacial score (nSPS) is 28.8. The van der Waals surface area contributed by atoms with Crippen LogP contribution >= 0.6 is 0 Å². The fraction of sp³-hybridized carbons (Fsp3) is 0.714. The van der Waals surface area contributed by atoms with E-state index in [0.717, 1.165) is 11.6 Å². The third kappa shape index (κ3) is 1.84. The number of carbonyl (C=O) groups is 1. The number of nitrogens with one attached hydrogen (secondary N) is 1. The van der Waals surface area contributed by atoms with E-state index in [1.807, 2.05) is 13.1 Å². The maximum absolute atomic E-state index is 12.0. The van der Waals surface area contributed by atoms with Crippen molar-refractivity contribution in [3.05, 3.63) is 17.5 Å². The van der Waals surface area contributed by atoms with E-state index in [2.05, 4.69) is 24.3 Å². The van der Waals surface area contributed by atoms with Crippen molar-refractivity contribution in [2.24, 2.45) is 5.92 Å². The van der Waals surface area contributed by atoms with Crippen LogP contribution < -0.4 is 5.32 Å². The Morgan fingerprint density at radius 2 is 2.22 bits per heavy atom. The van der Waals surface area contributed by atoms with Gasteiger partial charge in [-0.25, -0.2) is 0 Å². The number of hydrogen-bond donors (Lipinski definition) is 1. The third-order valence-corrected chi connectivity index (χ3v) is 4.35. The molecular formula is C14H21N3O. The number of carbonyl (C=O) groups excluding carboxylic acids is 1. The molecule has 2 bridgehead atoms. The molecule has 1 aromatic heterocycles. The van der Waals surface area contributed by atoms with Gasteiger partial charge in [0.25, 0.3) is 0 Å². The summed E-state index contributed by atoms with van der Waals surface area (Å²) in [5, 5.41) is 7.58. The van der Waals surface area contributed by atoms with Crippen LogP contribution in [-0.4, -0.2) is 21.2 Å². The van der Waals surface area contributed by atoms with Crippen molar-refractivity contribution >= 4 is 5.91 Å². The molecule has 0 unspecified atom stereocenters. The molecule has 3 aliphatic rings. The molecule has 4 rings (SSSR count). The summed E-state index contributed by atoms with van der Waals surface area (Å²) in [5.74, 6) is 1.45. The average molecular weight is 247 g/mol. The second-order valence-electron chi connectivity index (χ2n) is 6.33. The van der Waals surface area contributed by atoms with Crippen molar-refractivity contribution in [3.63, 3.8) is 0 Å². The molecule has 1 amide bonds. The molecule has 0 saturated heterocycles. The summed E-state index contributed by atoms with van der Waals surface area (Å²) in [7, 11) is 0. The number of hydrogen-bond acceptors (Lipinski definition) is 2. The summed E-state index contributed by atoms with van der Waals surface area (Å²) >= 11 is 0. The Morgan fingerprint density at radius 3 is 2.67 bits per heavy atom. The van der Waals surface area contributed by atoms with Crippen LogP contribution in [0.4, 0.5) is 0 Å². The SMILES string of the molecule is Cc1nn(CC(=O)NC23CC(C2)C3)cc1C(C)C. The van der Waals surface area contributed by atoms with E-state index in [9.17, 15) is 4.79 Å². The highest BCUT2D eigenvalue weighted by molar-refractivity contribution is 5.77. The van der Waals surface area contributed by atoms with E-state index >= 15 is 0 Å². The Hall–Kier alpha value is -1.32. The van der Waals surface area contributed by atoms with Gasteiger partial charge >= 0.3 is 0 Å². The molecule has 0 radical (unpaired) electrons. The number of nitrogens with zero attached hydrogens (tertiary/aromatic N) is 2. The second-order valence-corrected chi connectivity index (χ2v) is 6.33. The minimum absolute atomic E-state index is 0.103. The Labute approximate surface area is 108 Å². The minimum atomic E-state index is 0.103. The zero-order valence-electron chi connectivity index (χ0n) is 11.4. The summed E-state index contributed by atoms with van der Waals surface area (Å²) in [6.45, 7) is 6.65. The predicted octanol–water partition coefficient (Wildman–Crippen LogP) is 1.98. The monoisotopic (exact) mass is 247 g/mol. The number of amides is 1. The van der Waals surface area contributed by atoms with Crippen LogP contribution in [0, 0.1) is 12.8 Å². The standard InChI is InChI=1S/C14H21N3O/c1-9(2)12-7-17(16-10(12)3)8-13(18)15-14-4-11(5-14)6-14/h7,9,11H,4-6,8H2,1-3H3,(H,15,18). The van der Waals surface area contributed by atoms with Crippen molar-refractivity contribution in [2.45, 2.75) is 58.0 Å². The Morgan fingerprint density at radius 1 is 1.56 bits per heavy atom. The smallest absolute Gasteiger partial charge is 0.242 e. The van der Waals surface area contributed by atoms with Crippen molar-refractivity contribution in [1.29, 1.82) is 0 Å². The van der Waals surface area contributed by atoms with Crippen molar-refractivity contribution in [1.82, 2.24) is 15.1 Å². The molecule has 3 aliphatic carbocycles. The van der Waals surface area contributed by atoms with Gasteiger partial charge in [-0.3, -0.25) is 9.48 Å². The van der Waals surface area contributed by atoms with Crippen LogP contribution in [0.1, 0.15) is 50.3 Å². The highest BCUT2D eigenvalue weighted by atomic mass is 16.2. The van der Waals surface area contributed by atoms with Crippen LogP contribution in [0.15, 0.2) is 6.20 Å². The molecule has 1 aromatic rings. The largest absolute Gasteiger partial charge is 0.349 e. The topological polar surface area (TPSA) is 46.9 Å². The molecule has 4 heteroatoms. The fourth-order valence-corrected chi connectivity index (χ4v) is 3.29. The first-order valence-corrected chi connectivity index (χ1v) is 6.82. The van der Waals surface area contributed by atoms with Gasteiger partial charge in [0, 0.05) is 11.7 Å². The van der Waals surface area contributed by atoms with Gasteiger partial charge < -0.3 is 5.32 Å². The first-order chi connectivity index (χ1) is 8.47. The molecule has 3 saturated carbocycles. The molecular weight excluding hydrogens is 226 g/mol. The Bertz CT molecular complexity index is 472. The van der Waals surface area contributed by atoms with Gasteiger partial charge in [0.05, 0.1) is 5.69 Å². The lowest BCUT2D eigenvalue weighted by atomic mass is 9.50. The van der Waals surface area contributed by atoms with Gasteiger partial charge in [-0.15, -0.1) is 0 Å². The molecule has 0 atom stereocenters. The lowest BCUT2D eigenvalue weighted by Gasteiger charge is -2.61. The summed E-state index contributed by atoms with van der Waals surface area (Å²) < 4.78 is 1.77. The first-order valence-electron chi connectivity index (χ1n) is 6.82. The molecule has 98 valence electrons. The highest BCUT2D eigenvalue weighted by Crippen LogP contribution is 2.56. The molecule has 0 aromatic carbocycles. The van der Waals surface area contributed by atoms with Crippen LogP contribution in [-0.2, 0) is 11.3 Å². The lowest BCUT2D eigenvalue weighted by molar-refractivity contribution is -0.133. The minimum Gasteiger partial charge on any atom is -0.349 e. The van der Waals surface area contributed by atoms with E-state index < -0.39 is 0 Å². The quantitative estimate of drug-likeness (QED) is 0.884. The summed E-state index contributed by atoms with van der Waals surface area (Å²) in [5.41, 5.74) is 2.43. The molecule has 3 fully saturated rings. The molecule has 18 heavy (non-hydrogen) atoms. The molecule has 0 aliphatic heterocycles. The zero-order valence-corrected chi connectivity index (χ0v) is 11.4. The van der Waals surface area contributed by atoms with E-state index in [1.54, 1.807) is 4.68 Å². The zero-order chi connectivity index (χ0) is 12.9. The highest BCUT2D eigenvalue weighted by Gasteiger charge is 2.57. The van der Waals surface area contributed by atoms with Gasteiger partial charge in [-0.1, -0.05) is 13.8 Å². The summed E-state index contributed by atoms with van der Waals surface area (Å²) in [6, 6.07) is 0. The third-order valence-electron chi connectivity index (χ3n) is 4.35. The molecule has 1 heterocycles. The Balaban J connectivity index is 1.61. The van der Waals surface area contributed by atoms with Gasteiger partial charge in [-0.2, -0.15) is 5.10 Å². The fourth-order valence-electron chi connectivity index (χ4n) is 3.29. The maximum atomic E-state index is 12.0. The number of aromatic nitrogens is 2. The van der Waals surface area contributed by atoms with Crippen LogP contribution in [0.25, 0.3) is 0 Å². The maximum Gasteiger partial charge on any atom is 0.242 e. The van der Waals surface area contributed by atoms with Gasteiger partial charge in [0.1, 0.15) is 6.54 Å². The van der Waals surface area contributed by atoms with E-state index in [1.165, 1.54) is 24.8 Å². The predicted molar refractivity (Wildman–Crippen MR) is 69.3 cm³/mol. The van der Waals surface area contributed by atoms with Crippen molar-refractivity contribution < 1.29 is 4.79 Å². The molecule has 4 nitrogen and oxygen atoms in total. The number of aryl methyl sites for hydroxylation is 1. The van der Waals surface area contributed by atoms with Crippen LogP contribution in [0.3, 0.4) is 0 Å². The second kappa shape index (κ2) is 3.84. The first kappa shape index (κ1) is 11.8. The summed E-state index contributed by atoms with van der Waals surface area (Å²) in [6.07, 6.45) is 5.57. The Kier molecular flexibility index (Phi) is 2.50. The average Bonchev–Trinajstić information content (AvgIpc) is 2.51. The van der Waals surface area contributed by atoms with Gasteiger partial charge in [0.2, 0.25) is 5.91 Å². The number of rotatable bonds is 4. The molecule has 0 spiro atoms. The van der Waals surface area contributed by atoms with Crippen LogP contribution in [0.2, 0.25) is 0 Å².